The van der Waals surface area contributed by atoms with E-state index >= 15 is 0 Å². The molecule has 5 nitrogen and oxygen atoms in total. The summed E-state index contributed by atoms with van der Waals surface area (Å²) < 4.78 is 27.5. The summed E-state index contributed by atoms with van der Waals surface area (Å²) in [5.74, 6) is -1.69. The maximum atomic E-state index is 13.7. The number of H-pyrrole nitrogens is 1. The summed E-state index contributed by atoms with van der Waals surface area (Å²) in [6, 6.07) is 4.80. The van der Waals surface area contributed by atoms with Gasteiger partial charge in [0.25, 0.3) is 11.5 Å². The molecular formula is C19H20F2N2O3. The molecule has 0 radical (unpaired) electrons. The third kappa shape index (κ3) is 3.92. The predicted molar refractivity (Wildman–Crippen MR) is 92.0 cm³/mol. The molecule has 1 atom stereocenters. The predicted octanol–water partition coefficient (Wildman–Crippen LogP) is 2.84. The number of amides is 1. The van der Waals surface area contributed by atoms with Gasteiger partial charge in [-0.05, 0) is 43.7 Å². The molecule has 0 bridgehead atoms. The number of aromatic nitrogens is 1. The molecule has 138 valence electrons. The molecule has 1 aromatic carbocycles. The lowest BCUT2D eigenvalue weighted by atomic mass is 9.91. The molecule has 1 aliphatic rings. The number of nitrogens with one attached hydrogen (secondary N) is 1. The maximum absolute atomic E-state index is 13.7. The van der Waals surface area contributed by atoms with E-state index < -0.39 is 17.2 Å². The molecule has 0 spiro atoms. The van der Waals surface area contributed by atoms with Crippen molar-refractivity contribution < 1.29 is 18.7 Å². The normalized spacial score (nSPS) is 17.3. The van der Waals surface area contributed by atoms with Crippen molar-refractivity contribution in [2.45, 2.75) is 25.7 Å². The van der Waals surface area contributed by atoms with Crippen molar-refractivity contribution in [3.05, 3.63) is 63.6 Å². The van der Waals surface area contributed by atoms with Gasteiger partial charge in [0.15, 0.2) is 0 Å². The summed E-state index contributed by atoms with van der Waals surface area (Å²) in [6.45, 7) is 0.995. The summed E-state index contributed by atoms with van der Waals surface area (Å²) in [7, 11) is 0. The summed E-state index contributed by atoms with van der Waals surface area (Å²) in [5.41, 5.74) is -0.359. The Kier molecular flexibility index (Phi) is 5.35. The molecule has 1 aliphatic heterocycles. The second-order valence-electron chi connectivity index (χ2n) is 6.59. The second kappa shape index (κ2) is 7.68. The standard InChI is InChI=1S/C19H20F2N2O3/c20-15-4-1-5-16(21)13(15)7-6-12-3-2-8-23(11-12)19(26)14-10-22-18(25)9-17(14)24/h1,4-5,9-10,12H,2-3,6-8,11H2,(H2,22,24,25). The van der Waals surface area contributed by atoms with E-state index in [-0.39, 0.29) is 35.1 Å². The lowest BCUT2D eigenvalue weighted by Gasteiger charge is -2.33. The molecule has 26 heavy (non-hydrogen) atoms. The number of piperidine rings is 1. The Bertz CT molecular complexity index is 846. The van der Waals surface area contributed by atoms with Gasteiger partial charge < -0.3 is 15.0 Å². The molecule has 0 aliphatic carbocycles. The van der Waals surface area contributed by atoms with Gasteiger partial charge in [0.1, 0.15) is 17.4 Å². The zero-order valence-corrected chi connectivity index (χ0v) is 14.2. The minimum Gasteiger partial charge on any atom is -0.507 e. The number of aromatic hydroxyl groups is 1. The van der Waals surface area contributed by atoms with E-state index in [0.717, 1.165) is 18.9 Å². The van der Waals surface area contributed by atoms with Crippen molar-refractivity contribution in [1.82, 2.24) is 9.88 Å². The first-order valence-electron chi connectivity index (χ1n) is 8.59. The van der Waals surface area contributed by atoms with E-state index in [0.29, 0.717) is 19.5 Å². The number of nitrogens with zero attached hydrogens (tertiary/aromatic N) is 1. The molecule has 0 saturated carbocycles. The fraction of sp³-hybridized carbons (Fsp3) is 0.368. The largest absolute Gasteiger partial charge is 0.507 e. The molecule has 1 amide bonds. The molecule has 7 heteroatoms. The summed E-state index contributed by atoms with van der Waals surface area (Å²) in [5, 5.41) is 9.82. The fourth-order valence-electron chi connectivity index (χ4n) is 3.41. The average Bonchev–Trinajstić information content (AvgIpc) is 2.61. The number of aromatic amines is 1. The molecule has 2 aromatic rings. The van der Waals surface area contributed by atoms with Crippen LogP contribution in [-0.4, -0.2) is 34.0 Å². The van der Waals surface area contributed by atoms with Gasteiger partial charge in [-0.15, -0.1) is 0 Å². The van der Waals surface area contributed by atoms with Gasteiger partial charge in [-0.3, -0.25) is 9.59 Å². The Labute approximate surface area is 149 Å². The zero-order valence-electron chi connectivity index (χ0n) is 14.2. The first kappa shape index (κ1) is 18.1. The van der Waals surface area contributed by atoms with E-state index in [9.17, 15) is 23.5 Å². The number of halogens is 2. The Morgan fingerprint density at radius 3 is 2.73 bits per heavy atom. The first-order chi connectivity index (χ1) is 12.5. The van der Waals surface area contributed by atoms with Gasteiger partial charge in [-0.25, -0.2) is 8.78 Å². The van der Waals surface area contributed by atoms with Crippen molar-refractivity contribution in [2.75, 3.05) is 13.1 Å². The second-order valence-corrected chi connectivity index (χ2v) is 6.59. The van der Waals surface area contributed by atoms with Crippen molar-refractivity contribution in [3.8, 4) is 5.75 Å². The summed E-state index contributed by atoms with van der Waals surface area (Å²) in [6.07, 6.45) is 3.70. The van der Waals surface area contributed by atoms with Gasteiger partial charge >= 0.3 is 0 Å². The number of rotatable bonds is 4. The molecule has 2 heterocycles. The fourth-order valence-corrected chi connectivity index (χ4v) is 3.41. The van der Waals surface area contributed by atoms with Crippen LogP contribution in [0.5, 0.6) is 5.75 Å². The van der Waals surface area contributed by atoms with Gasteiger partial charge in [-0.2, -0.15) is 0 Å². The van der Waals surface area contributed by atoms with Gasteiger partial charge in [0, 0.05) is 30.9 Å². The number of pyridine rings is 1. The summed E-state index contributed by atoms with van der Waals surface area (Å²) in [4.78, 5) is 27.7. The zero-order chi connectivity index (χ0) is 18.7. The minimum atomic E-state index is -0.549. The highest BCUT2D eigenvalue weighted by Gasteiger charge is 2.26. The van der Waals surface area contributed by atoms with Crippen molar-refractivity contribution in [2.24, 2.45) is 5.92 Å². The highest BCUT2D eigenvalue weighted by Crippen LogP contribution is 2.25. The van der Waals surface area contributed by atoms with Crippen LogP contribution in [0.4, 0.5) is 8.78 Å². The quantitative estimate of drug-likeness (QED) is 0.878. The van der Waals surface area contributed by atoms with E-state index in [2.05, 4.69) is 4.98 Å². The SMILES string of the molecule is O=C(c1c[nH]c(=O)cc1O)N1CCCC(CCc2c(F)cccc2F)C1. The van der Waals surface area contributed by atoms with Crippen LogP contribution in [0.15, 0.2) is 35.3 Å². The minimum absolute atomic E-state index is 0.0467. The van der Waals surface area contributed by atoms with E-state index in [1.54, 1.807) is 4.90 Å². The number of carbonyl (C=O) groups is 1. The number of carbonyl (C=O) groups excluding carboxylic acids is 1. The molecule has 1 aromatic heterocycles. The third-order valence-electron chi connectivity index (χ3n) is 4.80. The van der Waals surface area contributed by atoms with Crippen LogP contribution in [0.1, 0.15) is 35.2 Å². The van der Waals surface area contributed by atoms with Crippen LogP contribution >= 0.6 is 0 Å². The summed E-state index contributed by atoms with van der Waals surface area (Å²) >= 11 is 0. The number of hydrogen-bond acceptors (Lipinski definition) is 3. The number of likely N-dealkylation sites (tertiary alicyclic amines) is 1. The highest BCUT2D eigenvalue weighted by atomic mass is 19.1. The van der Waals surface area contributed by atoms with Gasteiger partial charge in [-0.1, -0.05) is 6.07 Å². The lowest BCUT2D eigenvalue weighted by Crippen LogP contribution is -2.40. The Balaban J connectivity index is 1.65. The molecular weight excluding hydrogens is 342 g/mol. The maximum Gasteiger partial charge on any atom is 0.259 e. The molecule has 1 fully saturated rings. The van der Waals surface area contributed by atoms with Gasteiger partial charge in [0.2, 0.25) is 0 Å². The Hall–Kier alpha value is -2.70. The molecule has 3 rings (SSSR count). The highest BCUT2D eigenvalue weighted by molar-refractivity contribution is 5.96. The lowest BCUT2D eigenvalue weighted by molar-refractivity contribution is 0.0664. The van der Waals surface area contributed by atoms with Crippen LogP contribution in [0.25, 0.3) is 0 Å². The van der Waals surface area contributed by atoms with Crippen molar-refractivity contribution >= 4 is 5.91 Å². The smallest absolute Gasteiger partial charge is 0.259 e. The van der Waals surface area contributed by atoms with Crippen LogP contribution < -0.4 is 5.56 Å². The van der Waals surface area contributed by atoms with Gasteiger partial charge in [0.05, 0.1) is 5.56 Å². The monoisotopic (exact) mass is 362 g/mol. The number of hydrogen-bond donors (Lipinski definition) is 2. The van der Waals surface area contributed by atoms with Crippen LogP contribution in [0, 0.1) is 17.6 Å². The molecule has 2 N–H and O–H groups in total. The molecule has 1 saturated heterocycles. The van der Waals surface area contributed by atoms with Crippen LogP contribution in [0.2, 0.25) is 0 Å². The van der Waals surface area contributed by atoms with E-state index in [4.69, 9.17) is 0 Å². The van der Waals surface area contributed by atoms with Crippen LogP contribution in [-0.2, 0) is 6.42 Å². The first-order valence-corrected chi connectivity index (χ1v) is 8.59. The number of benzene rings is 1. The topological polar surface area (TPSA) is 73.4 Å². The van der Waals surface area contributed by atoms with Crippen molar-refractivity contribution in [3.63, 3.8) is 0 Å². The Morgan fingerprint density at radius 1 is 1.31 bits per heavy atom. The van der Waals surface area contributed by atoms with Crippen LogP contribution in [0.3, 0.4) is 0 Å². The Morgan fingerprint density at radius 2 is 2.04 bits per heavy atom. The average molecular weight is 362 g/mol. The third-order valence-corrected chi connectivity index (χ3v) is 4.80. The van der Waals surface area contributed by atoms with Crippen molar-refractivity contribution in [1.29, 1.82) is 0 Å². The van der Waals surface area contributed by atoms with E-state index in [1.807, 2.05) is 0 Å². The van der Waals surface area contributed by atoms with E-state index in [1.165, 1.54) is 24.4 Å². The molecule has 1 unspecified atom stereocenters.